The minimum Gasteiger partial charge on any atom is -0.393 e. The summed E-state index contributed by atoms with van der Waals surface area (Å²) in [6.45, 7) is 2.16. The standard InChI is InChI=1S/C17H28N8O/c1-2-3-5-12(26)6-4-7-13(16(8-9-16)14-18-22-23-19-14)17(10-11-17)15-20-24-25-21-15/h12-13,26H,2-11H2,1H3,(H,18,19,22,23)(H,20,21,24,25). The molecule has 0 bridgehead atoms. The third-order valence-corrected chi connectivity index (χ3v) is 6.47. The number of nitrogens with zero attached hydrogens (tertiary/aromatic N) is 6. The van der Waals surface area contributed by atoms with Crippen LogP contribution in [0.4, 0.5) is 0 Å². The smallest absolute Gasteiger partial charge is 0.154 e. The fourth-order valence-corrected chi connectivity index (χ4v) is 4.73. The number of tetrazole rings is 2. The molecule has 0 aliphatic heterocycles. The van der Waals surface area contributed by atoms with Crippen molar-refractivity contribution in [3.8, 4) is 0 Å². The highest BCUT2D eigenvalue weighted by atomic mass is 16.3. The number of H-pyrrole nitrogens is 2. The summed E-state index contributed by atoms with van der Waals surface area (Å²) in [6.07, 6.45) is 10.2. The molecule has 0 amide bonds. The van der Waals surface area contributed by atoms with Gasteiger partial charge >= 0.3 is 0 Å². The second-order valence-electron chi connectivity index (χ2n) is 8.09. The van der Waals surface area contributed by atoms with E-state index in [4.69, 9.17) is 0 Å². The van der Waals surface area contributed by atoms with Gasteiger partial charge in [-0.05, 0) is 71.7 Å². The van der Waals surface area contributed by atoms with Gasteiger partial charge in [0.1, 0.15) is 0 Å². The molecular weight excluding hydrogens is 332 g/mol. The topological polar surface area (TPSA) is 129 Å². The third kappa shape index (κ3) is 3.13. The highest BCUT2D eigenvalue weighted by Crippen LogP contribution is 2.66. The summed E-state index contributed by atoms with van der Waals surface area (Å²) in [5.41, 5.74) is 0.00230. The molecule has 9 nitrogen and oxygen atoms in total. The Morgan fingerprint density at radius 2 is 1.42 bits per heavy atom. The summed E-state index contributed by atoms with van der Waals surface area (Å²) < 4.78 is 0. The van der Waals surface area contributed by atoms with Crippen molar-refractivity contribution in [3.05, 3.63) is 11.6 Å². The van der Waals surface area contributed by atoms with Gasteiger partial charge in [-0.15, -0.1) is 10.2 Å². The van der Waals surface area contributed by atoms with E-state index in [9.17, 15) is 5.11 Å². The van der Waals surface area contributed by atoms with Crippen molar-refractivity contribution in [2.45, 2.75) is 88.1 Å². The summed E-state index contributed by atoms with van der Waals surface area (Å²) in [7, 11) is 0. The highest BCUT2D eigenvalue weighted by Gasteiger charge is 2.65. The quantitative estimate of drug-likeness (QED) is 0.557. The molecule has 2 aliphatic rings. The lowest BCUT2D eigenvalue weighted by Gasteiger charge is -2.32. The molecule has 2 aromatic rings. The lowest BCUT2D eigenvalue weighted by atomic mass is 9.72. The van der Waals surface area contributed by atoms with Gasteiger partial charge in [0.15, 0.2) is 11.6 Å². The van der Waals surface area contributed by atoms with E-state index in [1.165, 1.54) is 0 Å². The first kappa shape index (κ1) is 17.5. The second kappa shape index (κ2) is 7.02. The molecule has 1 unspecified atom stereocenters. The van der Waals surface area contributed by atoms with Gasteiger partial charge in [0.2, 0.25) is 0 Å². The third-order valence-electron chi connectivity index (χ3n) is 6.47. The van der Waals surface area contributed by atoms with Crippen molar-refractivity contribution in [2.75, 3.05) is 0 Å². The summed E-state index contributed by atoms with van der Waals surface area (Å²) in [5.74, 6) is 2.18. The molecule has 2 saturated carbocycles. The van der Waals surface area contributed by atoms with Crippen LogP contribution in [0.3, 0.4) is 0 Å². The average molecular weight is 360 g/mol. The van der Waals surface area contributed by atoms with E-state index in [1.54, 1.807) is 0 Å². The molecule has 2 aliphatic carbocycles. The van der Waals surface area contributed by atoms with E-state index in [0.29, 0.717) is 5.92 Å². The Morgan fingerprint density at radius 3 is 1.85 bits per heavy atom. The van der Waals surface area contributed by atoms with Crippen LogP contribution in [-0.2, 0) is 10.8 Å². The fourth-order valence-electron chi connectivity index (χ4n) is 4.73. The van der Waals surface area contributed by atoms with Crippen LogP contribution >= 0.6 is 0 Å². The van der Waals surface area contributed by atoms with Crippen molar-refractivity contribution < 1.29 is 5.11 Å². The van der Waals surface area contributed by atoms with Gasteiger partial charge in [-0.2, -0.15) is 0 Å². The van der Waals surface area contributed by atoms with E-state index in [2.05, 4.69) is 48.2 Å². The van der Waals surface area contributed by atoms with E-state index < -0.39 is 0 Å². The normalized spacial score (nSPS) is 21.0. The number of unbranched alkanes of at least 4 members (excludes halogenated alkanes) is 1. The van der Waals surface area contributed by atoms with Gasteiger partial charge in [-0.1, -0.05) is 26.2 Å². The first-order chi connectivity index (χ1) is 12.7. The SMILES string of the molecule is CCCCC(O)CCCC(C1(c2nnn[nH]2)CC1)C1(c2nnn[nH]2)CC1. The molecule has 3 N–H and O–H groups in total. The van der Waals surface area contributed by atoms with Crippen LogP contribution in [0, 0.1) is 5.92 Å². The lowest BCUT2D eigenvalue weighted by Crippen LogP contribution is -2.34. The van der Waals surface area contributed by atoms with Gasteiger partial charge in [-0.25, -0.2) is 10.2 Å². The minimum atomic E-state index is -0.195. The van der Waals surface area contributed by atoms with Crippen molar-refractivity contribution in [2.24, 2.45) is 5.92 Å². The first-order valence-corrected chi connectivity index (χ1v) is 9.88. The lowest BCUT2D eigenvalue weighted by molar-refractivity contribution is 0.141. The molecule has 9 heteroatoms. The zero-order valence-corrected chi connectivity index (χ0v) is 15.4. The predicted octanol–water partition coefficient (Wildman–Crippen LogP) is 1.81. The van der Waals surface area contributed by atoms with Gasteiger partial charge in [0, 0.05) is 10.8 Å². The Labute approximate surface area is 152 Å². The van der Waals surface area contributed by atoms with Crippen LogP contribution < -0.4 is 0 Å². The van der Waals surface area contributed by atoms with Gasteiger partial charge < -0.3 is 5.11 Å². The summed E-state index contributed by atoms with van der Waals surface area (Å²) in [5, 5.41) is 40.0. The number of hydrogen-bond acceptors (Lipinski definition) is 7. The Hall–Kier alpha value is -1.90. The molecular formula is C17H28N8O. The summed E-state index contributed by atoms with van der Waals surface area (Å²) >= 11 is 0. The van der Waals surface area contributed by atoms with E-state index in [-0.39, 0.29) is 16.9 Å². The zero-order valence-electron chi connectivity index (χ0n) is 15.4. The molecule has 0 saturated heterocycles. The maximum atomic E-state index is 10.2. The molecule has 2 heterocycles. The monoisotopic (exact) mass is 360 g/mol. The van der Waals surface area contributed by atoms with E-state index >= 15 is 0 Å². The Balaban J connectivity index is 1.50. The van der Waals surface area contributed by atoms with Crippen LogP contribution in [-0.4, -0.2) is 52.5 Å². The zero-order chi connectivity index (χ0) is 18.0. The largest absolute Gasteiger partial charge is 0.393 e. The van der Waals surface area contributed by atoms with Crippen LogP contribution in [0.15, 0.2) is 0 Å². The molecule has 142 valence electrons. The molecule has 2 fully saturated rings. The van der Waals surface area contributed by atoms with Crippen molar-refractivity contribution in [1.29, 1.82) is 0 Å². The number of nitrogens with one attached hydrogen (secondary N) is 2. The molecule has 0 spiro atoms. The minimum absolute atomic E-state index is 0.00115. The number of rotatable bonds is 11. The molecule has 4 rings (SSSR count). The molecule has 0 radical (unpaired) electrons. The van der Waals surface area contributed by atoms with Crippen LogP contribution in [0.1, 0.15) is 82.8 Å². The van der Waals surface area contributed by atoms with Gasteiger partial charge in [0.25, 0.3) is 0 Å². The Bertz CT molecular complexity index is 627. The first-order valence-electron chi connectivity index (χ1n) is 9.88. The predicted molar refractivity (Wildman–Crippen MR) is 93.1 cm³/mol. The number of aromatic nitrogens is 8. The van der Waals surface area contributed by atoms with Crippen LogP contribution in [0.5, 0.6) is 0 Å². The number of aliphatic hydroxyl groups excluding tert-OH is 1. The summed E-state index contributed by atoms with van der Waals surface area (Å²) in [6, 6.07) is 0. The summed E-state index contributed by atoms with van der Waals surface area (Å²) in [4.78, 5) is 0. The van der Waals surface area contributed by atoms with Crippen molar-refractivity contribution in [3.63, 3.8) is 0 Å². The molecule has 1 atom stereocenters. The van der Waals surface area contributed by atoms with Crippen LogP contribution in [0.25, 0.3) is 0 Å². The molecule has 2 aromatic heterocycles. The Kier molecular flexibility index (Phi) is 4.73. The number of aromatic amines is 2. The molecule has 26 heavy (non-hydrogen) atoms. The average Bonchev–Trinajstić information content (AvgIpc) is 3.48. The molecule has 0 aromatic carbocycles. The van der Waals surface area contributed by atoms with E-state index in [0.717, 1.165) is 75.9 Å². The van der Waals surface area contributed by atoms with Crippen molar-refractivity contribution in [1.82, 2.24) is 41.2 Å². The maximum absolute atomic E-state index is 10.2. The highest BCUT2D eigenvalue weighted by molar-refractivity contribution is 5.30. The van der Waals surface area contributed by atoms with E-state index in [1.807, 2.05) is 0 Å². The fraction of sp³-hybridized carbons (Fsp3) is 0.882. The van der Waals surface area contributed by atoms with Crippen molar-refractivity contribution >= 4 is 0 Å². The number of hydrogen-bond donors (Lipinski definition) is 3. The Morgan fingerprint density at radius 1 is 0.885 bits per heavy atom. The van der Waals surface area contributed by atoms with Crippen LogP contribution in [0.2, 0.25) is 0 Å². The van der Waals surface area contributed by atoms with Gasteiger partial charge in [-0.3, -0.25) is 0 Å². The van der Waals surface area contributed by atoms with Gasteiger partial charge in [0.05, 0.1) is 6.10 Å². The second-order valence-corrected chi connectivity index (χ2v) is 8.09. The maximum Gasteiger partial charge on any atom is 0.154 e. The number of aliphatic hydroxyl groups is 1.